The lowest BCUT2D eigenvalue weighted by Gasteiger charge is -2.23. The Morgan fingerprint density at radius 1 is 0.736 bits per heavy atom. The Morgan fingerprint density at radius 2 is 1.26 bits per heavy atom. The molecule has 0 aliphatic carbocycles. The fraction of sp³-hybridized carbons (Fsp3) is 0.486. The number of carbonyl (C=O) groups excluding carboxylic acids is 5. The number of carboxylic acids is 1. The second-order valence-electron chi connectivity index (χ2n) is 13.5. The molecular formula is C35H51ClN10O7. The third kappa shape index (κ3) is 13.7. The van der Waals surface area contributed by atoms with Crippen molar-refractivity contribution < 1.29 is 33.9 Å². The van der Waals surface area contributed by atoms with Gasteiger partial charge in [0.2, 0.25) is 0 Å². The zero-order chi connectivity index (χ0) is 38.4. The summed E-state index contributed by atoms with van der Waals surface area (Å²) in [6.45, 7) is 9.69. The number of ketones is 1. The lowest BCUT2D eigenvalue weighted by Crippen LogP contribution is -2.49. The lowest BCUT2D eigenvalue weighted by atomic mass is 9.99. The van der Waals surface area contributed by atoms with Gasteiger partial charge in [-0.3, -0.25) is 24.0 Å². The quantitative estimate of drug-likeness (QED) is 0.0745. The summed E-state index contributed by atoms with van der Waals surface area (Å²) in [5, 5.41) is 23.5. The van der Waals surface area contributed by atoms with Crippen LogP contribution in [0.4, 0.5) is 0 Å². The lowest BCUT2D eigenvalue weighted by molar-refractivity contribution is -0.139. The van der Waals surface area contributed by atoms with E-state index in [2.05, 4.69) is 46.5 Å². The first kappa shape index (κ1) is 44.0. The van der Waals surface area contributed by atoms with Gasteiger partial charge >= 0.3 is 5.97 Å². The smallest absolute Gasteiger partial charge is 0.326 e. The molecule has 0 fully saturated rings. The summed E-state index contributed by atoms with van der Waals surface area (Å²) in [5.74, 6) is -4.07. The maximum atomic E-state index is 13.4. The fourth-order valence-corrected chi connectivity index (χ4v) is 5.39. The zero-order valence-electron chi connectivity index (χ0n) is 30.5. The molecule has 0 saturated heterocycles. The largest absolute Gasteiger partial charge is 0.480 e. The molecule has 2 aromatic heterocycles. The first-order chi connectivity index (χ1) is 24.7. The molecule has 17 nitrogen and oxygen atoms in total. The topological polar surface area (TPSA) is 266 Å². The van der Waals surface area contributed by atoms with Crippen molar-refractivity contribution in [2.45, 2.75) is 78.0 Å². The number of aliphatic carboxylic acids is 1. The zero-order valence-corrected chi connectivity index (χ0v) is 31.3. The number of amides is 4. The molecule has 0 aliphatic rings. The highest BCUT2D eigenvalue weighted by Gasteiger charge is 2.29. The first-order valence-corrected chi connectivity index (χ1v) is 17.2. The van der Waals surface area contributed by atoms with Crippen LogP contribution in [0.2, 0.25) is 0 Å². The molecule has 0 unspecified atom stereocenters. The second kappa shape index (κ2) is 21.4. The van der Waals surface area contributed by atoms with Crippen molar-refractivity contribution in [2.75, 3.05) is 19.6 Å². The standard InChI is InChI=1S/C35H50N10O7.ClH/c1-19(2)11-23(43-32(48)28-30(41-18-39-28)34(50)45-25(35(51)52)13-22-9-7-6-8-10-22)15-37-16-26(46)24(12-20(3)4)44-33(49)29-27(38-17-40-29)31(47)42-21(5)14-36;/h6-10,17-21,23-25,37H,11-16,36H2,1-5H3,(H,38,40)(H,39,41)(H,42,47)(H,43,48)(H,44,49)(H,45,50)(H,51,52);1H/t21-,23-,24-,25-;/m0./s1. The van der Waals surface area contributed by atoms with Crippen molar-refractivity contribution in [3.8, 4) is 0 Å². The van der Waals surface area contributed by atoms with E-state index in [9.17, 15) is 33.9 Å². The van der Waals surface area contributed by atoms with E-state index in [1.165, 1.54) is 12.7 Å². The molecule has 0 saturated carbocycles. The number of benzene rings is 1. The van der Waals surface area contributed by atoms with Gasteiger partial charge in [-0.15, -0.1) is 12.4 Å². The van der Waals surface area contributed by atoms with Crippen molar-refractivity contribution in [1.82, 2.24) is 46.5 Å². The minimum absolute atomic E-state index is 0. The number of H-pyrrole nitrogens is 2. The van der Waals surface area contributed by atoms with Gasteiger partial charge in [0, 0.05) is 31.6 Å². The third-order valence-corrected chi connectivity index (χ3v) is 7.96. The average Bonchev–Trinajstić information content (AvgIpc) is 3.78. The van der Waals surface area contributed by atoms with Crippen molar-refractivity contribution >= 4 is 47.8 Å². The van der Waals surface area contributed by atoms with Crippen LogP contribution in [0.3, 0.4) is 0 Å². The van der Waals surface area contributed by atoms with Crippen LogP contribution >= 0.6 is 12.4 Å². The monoisotopic (exact) mass is 758 g/mol. The molecule has 0 bridgehead atoms. The second-order valence-corrected chi connectivity index (χ2v) is 13.5. The van der Waals surface area contributed by atoms with Crippen LogP contribution in [0.25, 0.3) is 0 Å². The Labute approximate surface area is 314 Å². The number of aromatic nitrogens is 4. The molecule has 0 aliphatic heterocycles. The summed E-state index contributed by atoms with van der Waals surface area (Å²) in [4.78, 5) is 90.9. The minimum atomic E-state index is -1.25. The van der Waals surface area contributed by atoms with Gasteiger partial charge < -0.3 is 47.4 Å². The summed E-state index contributed by atoms with van der Waals surface area (Å²) >= 11 is 0. The number of carbonyl (C=O) groups is 6. The maximum absolute atomic E-state index is 13.4. The molecule has 2 heterocycles. The third-order valence-electron chi connectivity index (χ3n) is 7.96. The Bertz CT molecular complexity index is 1680. The van der Waals surface area contributed by atoms with Crippen LogP contribution in [0.15, 0.2) is 43.0 Å². The fourth-order valence-electron chi connectivity index (χ4n) is 5.39. The van der Waals surface area contributed by atoms with Crippen LogP contribution in [0.1, 0.15) is 95.0 Å². The number of hydrogen-bond donors (Lipinski definition) is 9. The number of nitrogens with two attached hydrogens (primary N) is 1. The number of carboxylic acid groups (broad SMARTS) is 1. The van der Waals surface area contributed by atoms with Gasteiger partial charge in [-0.25, -0.2) is 14.8 Å². The molecule has 0 radical (unpaired) electrons. The molecule has 3 aromatic rings. The number of nitrogens with zero attached hydrogens (tertiary/aromatic N) is 2. The van der Waals surface area contributed by atoms with Crippen molar-refractivity contribution in [2.24, 2.45) is 17.6 Å². The number of Topliss-reactive ketones (excluding diaryl/α,β-unsaturated/α-hetero) is 1. The average molecular weight is 759 g/mol. The molecule has 4 atom stereocenters. The first-order valence-electron chi connectivity index (χ1n) is 17.2. The molecule has 53 heavy (non-hydrogen) atoms. The highest BCUT2D eigenvalue weighted by atomic mass is 35.5. The summed E-state index contributed by atoms with van der Waals surface area (Å²) in [6.07, 6.45) is 3.27. The predicted octanol–water partition coefficient (Wildman–Crippen LogP) is 1.21. The van der Waals surface area contributed by atoms with Crippen LogP contribution in [0, 0.1) is 11.8 Å². The summed E-state index contributed by atoms with van der Waals surface area (Å²) < 4.78 is 0. The Balaban J connectivity index is 0.00000972. The molecule has 3 rings (SSSR count). The van der Waals surface area contributed by atoms with Crippen LogP contribution in [0.5, 0.6) is 0 Å². The molecule has 18 heteroatoms. The Kier molecular flexibility index (Phi) is 17.8. The van der Waals surface area contributed by atoms with Crippen LogP contribution < -0.4 is 32.3 Å². The molecule has 1 aromatic carbocycles. The number of hydrogen-bond acceptors (Lipinski definition) is 10. The Hall–Kier alpha value is -5.13. The maximum Gasteiger partial charge on any atom is 0.326 e. The van der Waals surface area contributed by atoms with Crippen molar-refractivity contribution in [3.05, 3.63) is 71.3 Å². The van der Waals surface area contributed by atoms with E-state index in [0.29, 0.717) is 18.4 Å². The number of imidazole rings is 2. The van der Waals surface area contributed by atoms with E-state index in [1.54, 1.807) is 37.3 Å². The molecule has 0 spiro atoms. The van der Waals surface area contributed by atoms with E-state index >= 15 is 0 Å². The van der Waals surface area contributed by atoms with Gasteiger partial charge in [-0.2, -0.15) is 0 Å². The summed E-state index contributed by atoms with van der Waals surface area (Å²) in [6, 6.07) is 5.86. The van der Waals surface area contributed by atoms with Gasteiger partial charge in [0.25, 0.3) is 23.6 Å². The van der Waals surface area contributed by atoms with Gasteiger partial charge in [-0.05, 0) is 37.2 Å². The number of halogens is 1. The summed E-state index contributed by atoms with van der Waals surface area (Å²) in [5.41, 5.74) is 5.68. The Morgan fingerprint density at radius 3 is 1.77 bits per heavy atom. The molecule has 10 N–H and O–H groups in total. The summed E-state index contributed by atoms with van der Waals surface area (Å²) in [7, 11) is 0. The highest BCUT2D eigenvalue weighted by Crippen LogP contribution is 2.12. The van der Waals surface area contributed by atoms with Gasteiger partial charge in [0.15, 0.2) is 17.2 Å². The van der Waals surface area contributed by atoms with Gasteiger partial charge in [0.05, 0.1) is 25.2 Å². The van der Waals surface area contributed by atoms with E-state index in [1.807, 2.05) is 27.7 Å². The van der Waals surface area contributed by atoms with Crippen LogP contribution in [-0.4, -0.2) is 104 Å². The molecule has 4 amide bonds. The molecular weight excluding hydrogens is 708 g/mol. The van der Waals surface area contributed by atoms with Gasteiger partial charge in [0.1, 0.15) is 17.4 Å². The van der Waals surface area contributed by atoms with E-state index < -0.39 is 47.7 Å². The van der Waals surface area contributed by atoms with Crippen molar-refractivity contribution in [3.63, 3.8) is 0 Å². The minimum Gasteiger partial charge on any atom is -0.480 e. The van der Waals surface area contributed by atoms with Crippen LogP contribution in [-0.2, 0) is 16.0 Å². The molecule has 290 valence electrons. The number of aromatic amines is 2. The SMILES string of the molecule is CC(C)C[C@@H](CNCC(=O)[C@H](CC(C)C)NC(=O)c1[nH]cnc1C(=O)N[C@@H](C)CN)NC(=O)c1nc[nH]c1C(=O)N[C@@H](Cc1ccccc1)C(=O)O.Cl. The highest BCUT2D eigenvalue weighted by molar-refractivity contribution is 6.06. The van der Waals surface area contributed by atoms with E-state index in [0.717, 1.165) is 0 Å². The van der Waals surface area contributed by atoms with E-state index in [-0.39, 0.29) is 84.9 Å². The van der Waals surface area contributed by atoms with Gasteiger partial charge in [-0.1, -0.05) is 58.0 Å². The number of nitrogens with one attached hydrogen (secondary N) is 7. The normalized spacial score (nSPS) is 13.3. The van der Waals surface area contributed by atoms with Crippen molar-refractivity contribution in [1.29, 1.82) is 0 Å². The number of rotatable bonds is 21. The van der Waals surface area contributed by atoms with E-state index in [4.69, 9.17) is 5.73 Å². The predicted molar refractivity (Wildman–Crippen MR) is 199 cm³/mol.